The molecule has 2 aliphatic heterocycles. The van der Waals surface area contributed by atoms with Crippen LogP contribution in [0.4, 0.5) is 0 Å². The van der Waals surface area contributed by atoms with Gasteiger partial charge in [0.2, 0.25) is 0 Å². The van der Waals surface area contributed by atoms with Gasteiger partial charge in [0, 0.05) is 25.3 Å². The van der Waals surface area contributed by atoms with Crippen LogP contribution in [-0.4, -0.2) is 40.6 Å². The molecule has 23 heavy (non-hydrogen) atoms. The van der Waals surface area contributed by atoms with Crippen LogP contribution in [0.2, 0.25) is 0 Å². The molecule has 1 N–H and O–H groups in total. The minimum absolute atomic E-state index is 0.0304. The summed E-state index contributed by atoms with van der Waals surface area (Å²) in [6, 6.07) is 5.64. The van der Waals surface area contributed by atoms with E-state index in [0.29, 0.717) is 22.6 Å². The number of ether oxygens (including phenoxy) is 1. The molecule has 2 fully saturated rings. The van der Waals surface area contributed by atoms with E-state index in [-0.39, 0.29) is 17.6 Å². The Morgan fingerprint density at radius 2 is 2.39 bits per heavy atom. The van der Waals surface area contributed by atoms with Crippen LogP contribution in [0.15, 0.2) is 22.6 Å². The lowest BCUT2D eigenvalue weighted by atomic mass is 9.89. The van der Waals surface area contributed by atoms with Crippen LogP contribution in [0, 0.1) is 6.92 Å². The van der Waals surface area contributed by atoms with Crippen LogP contribution >= 0.6 is 11.8 Å². The average Bonchev–Trinajstić information content (AvgIpc) is 3.12. The first-order valence-electron chi connectivity index (χ1n) is 8.04. The van der Waals surface area contributed by atoms with E-state index in [4.69, 9.17) is 9.15 Å². The van der Waals surface area contributed by atoms with Crippen molar-refractivity contribution in [2.75, 3.05) is 18.1 Å². The first-order chi connectivity index (χ1) is 11.2. The molecule has 6 heteroatoms. The molecule has 0 unspecified atom stereocenters. The van der Waals surface area contributed by atoms with E-state index in [0.717, 1.165) is 37.4 Å². The minimum atomic E-state index is -0.0726. The van der Waals surface area contributed by atoms with Gasteiger partial charge in [0.25, 0.3) is 5.91 Å². The highest BCUT2D eigenvalue weighted by atomic mass is 32.2. The summed E-state index contributed by atoms with van der Waals surface area (Å²) in [6.45, 7) is 2.51. The second-order valence-corrected chi connectivity index (χ2v) is 7.49. The molecule has 122 valence electrons. The van der Waals surface area contributed by atoms with Crippen molar-refractivity contribution in [3.8, 4) is 0 Å². The third kappa shape index (κ3) is 2.85. The number of oxazole rings is 1. The fourth-order valence-corrected chi connectivity index (χ4v) is 4.90. The van der Waals surface area contributed by atoms with Crippen molar-refractivity contribution in [3.63, 3.8) is 0 Å². The molecule has 1 aromatic heterocycles. The predicted octanol–water partition coefficient (Wildman–Crippen LogP) is 2.92. The fourth-order valence-electron chi connectivity index (χ4n) is 3.52. The van der Waals surface area contributed by atoms with Crippen molar-refractivity contribution in [2.24, 2.45) is 0 Å². The Morgan fingerprint density at radius 3 is 3.22 bits per heavy atom. The fraction of sp³-hybridized carbons (Fsp3) is 0.529. The van der Waals surface area contributed by atoms with Crippen molar-refractivity contribution >= 4 is 28.8 Å². The van der Waals surface area contributed by atoms with Crippen LogP contribution < -0.4 is 5.32 Å². The van der Waals surface area contributed by atoms with Gasteiger partial charge in [0.05, 0.1) is 11.2 Å². The third-order valence-corrected chi connectivity index (χ3v) is 5.89. The summed E-state index contributed by atoms with van der Waals surface area (Å²) in [4.78, 5) is 17.0. The summed E-state index contributed by atoms with van der Waals surface area (Å²) in [7, 11) is 0. The number of hydrogen-bond acceptors (Lipinski definition) is 5. The Bertz CT molecular complexity index is 737. The SMILES string of the molecule is Cc1nc2c(C(=O)N[C@H]3CCO[C@@]4(CCSC4)C3)cccc2o1. The van der Waals surface area contributed by atoms with Gasteiger partial charge in [0.1, 0.15) is 5.52 Å². The maximum atomic E-state index is 12.7. The topological polar surface area (TPSA) is 64.4 Å². The van der Waals surface area contributed by atoms with E-state index in [1.54, 1.807) is 13.0 Å². The van der Waals surface area contributed by atoms with E-state index in [1.807, 2.05) is 23.9 Å². The summed E-state index contributed by atoms with van der Waals surface area (Å²) < 4.78 is 11.5. The van der Waals surface area contributed by atoms with Crippen molar-refractivity contribution in [1.82, 2.24) is 10.3 Å². The van der Waals surface area contributed by atoms with Crippen LogP contribution in [0.1, 0.15) is 35.5 Å². The third-order valence-electron chi connectivity index (χ3n) is 4.67. The van der Waals surface area contributed by atoms with Crippen molar-refractivity contribution in [2.45, 2.75) is 37.8 Å². The largest absolute Gasteiger partial charge is 0.441 e. The Labute approximate surface area is 139 Å². The predicted molar refractivity (Wildman–Crippen MR) is 89.9 cm³/mol. The molecule has 0 aliphatic carbocycles. The van der Waals surface area contributed by atoms with Gasteiger partial charge in [-0.3, -0.25) is 4.79 Å². The molecule has 5 nitrogen and oxygen atoms in total. The number of thioether (sulfide) groups is 1. The molecule has 1 aromatic carbocycles. The van der Waals surface area contributed by atoms with Gasteiger partial charge in [-0.05, 0) is 37.1 Å². The van der Waals surface area contributed by atoms with Gasteiger partial charge >= 0.3 is 0 Å². The summed E-state index contributed by atoms with van der Waals surface area (Å²) in [5.41, 5.74) is 1.85. The molecular formula is C17H20N2O3S. The van der Waals surface area contributed by atoms with Crippen LogP contribution in [0.3, 0.4) is 0 Å². The highest BCUT2D eigenvalue weighted by Gasteiger charge is 2.40. The lowest BCUT2D eigenvalue weighted by molar-refractivity contribution is -0.0688. The molecule has 0 saturated carbocycles. The molecule has 2 atom stereocenters. The van der Waals surface area contributed by atoms with Gasteiger partial charge in [-0.1, -0.05) is 6.07 Å². The quantitative estimate of drug-likeness (QED) is 0.916. The number of rotatable bonds is 2. The van der Waals surface area contributed by atoms with Crippen LogP contribution in [0.5, 0.6) is 0 Å². The van der Waals surface area contributed by atoms with Crippen molar-refractivity contribution in [1.29, 1.82) is 0 Å². The number of nitrogens with one attached hydrogen (secondary N) is 1. The lowest BCUT2D eigenvalue weighted by Crippen LogP contribution is -2.48. The number of carbonyl (C=O) groups excluding carboxylic acids is 1. The number of aryl methyl sites for hydroxylation is 1. The number of nitrogens with zero attached hydrogens (tertiary/aromatic N) is 1. The molecule has 0 radical (unpaired) electrons. The average molecular weight is 332 g/mol. The highest BCUT2D eigenvalue weighted by Crippen LogP contribution is 2.38. The monoisotopic (exact) mass is 332 g/mol. The lowest BCUT2D eigenvalue weighted by Gasteiger charge is -2.38. The number of aromatic nitrogens is 1. The standard InChI is InChI=1S/C17H20N2O3S/c1-11-18-15-13(3-2-4-14(15)22-11)16(20)19-12-5-7-21-17(9-12)6-8-23-10-17/h2-4,12H,5-10H2,1H3,(H,19,20)/t12-,17-/m0/s1. The normalized spacial score (nSPS) is 27.6. The Hall–Kier alpha value is -1.53. The van der Waals surface area contributed by atoms with E-state index in [1.165, 1.54) is 0 Å². The Balaban J connectivity index is 1.52. The van der Waals surface area contributed by atoms with Gasteiger partial charge in [-0.25, -0.2) is 4.98 Å². The first-order valence-corrected chi connectivity index (χ1v) is 9.19. The Kier molecular flexibility index (Phi) is 3.81. The van der Waals surface area contributed by atoms with Crippen LogP contribution in [-0.2, 0) is 4.74 Å². The smallest absolute Gasteiger partial charge is 0.253 e. The molecule has 2 saturated heterocycles. The summed E-state index contributed by atoms with van der Waals surface area (Å²) in [5.74, 6) is 2.69. The zero-order valence-corrected chi connectivity index (χ0v) is 13.9. The molecule has 1 amide bonds. The maximum absolute atomic E-state index is 12.7. The molecule has 2 aliphatic rings. The zero-order chi connectivity index (χ0) is 15.9. The Morgan fingerprint density at radius 1 is 1.48 bits per heavy atom. The minimum Gasteiger partial charge on any atom is -0.441 e. The van der Waals surface area contributed by atoms with E-state index < -0.39 is 0 Å². The zero-order valence-electron chi connectivity index (χ0n) is 13.1. The van der Waals surface area contributed by atoms with Gasteiger partial charge in [-0.2, -0.15) is 11.8 Å². The number of carbonyl (C=O) groups is 1. The number of fused-ring (bicyclic) bond motifs is 1. The van der Waals surface area contributed by atoms with Crippen LogP contribution in [0.25, 0.3) is 11.1 Å². The van der Waals surface area contributed by atoms with Gasteiger partial charge in [0.15, 0.2) is 11.5 Å². The molecule has 1 spiro atoms. The van der Waals surface area contributed by atoms with Crippen molar-refractivity contribution in [3.05, 3.63) is 29.7 Å². The number of hydrogen-bond donors (Lipinski definition) is 1. The maximum Gasteiger partial charge on any atom is 0.253 e. The summed E-state index contributed by atoms with van der Waals surface area (Å²) in [6.07, 6.45) is 2.85. The van der Waals surface area contributed by atoms with Crippen molar-refractivity contribution < 1.29 is 13.9 Å². The molecule has 4 rings (SSSR count). The second kappa shape index (κ2) is 5.83. The molecular weight excluding hydrogens is 312 g/mol. The van der Waals surface area contributed by atoms with E-state index in [9.17, 15) is 4.79 Å². The van der Waals surface area contributed by atoms with Gasteiger partial charge < -0.3 is 14.5 Å². The van der Waals surface area contributed by atoms with Gasteiger partial charge in [-0.15, -0.1) is 0 Å². The molecule has 3 heterocycles. The van der Waals surface area contributed by atoms with E-state index >= 15 is 0 Å². The summed E-state index contributed by atoms with van der Waals surface area (Å²) >= 11 is 1.94. The van der Waals surface area contributed by atoms with E-state index in [2.05, 4.69) is 10.3 Å². The number of benzene rings is 1. The molecule has 0 bridgehead atoms. The second-order valence-electron chi connectivity index (χ2n) is 6.38. The highest BCUT2D eigenvalue weighted by molar-refractivity contribution is 7.99. The molecule has 2 aromatic rings. The number of amides is 1. The summed E-state index contributed by atoms with van der Waals surface area (Å²) in [5, 5.41) is 3.18. The first kappa shape index (κ1) is 15.0. The number of para-hydroxylation sites is 1.